The van der Waals surface area contributed by atoms with Gasteiger partial charge >= 0.3 is 0 Å². The number of nitrogens with zero attached hydrogens (tertiary/aromatic N) is 3. The third-order valence-corrected chi connectivity index (χ3v) is 14.5. The Morgan fingerprint density at radius 1 is 0.412 bits per heavy atom. The largest absolute Gasteiger partial charge is 0.208 e. The van der Waals surface area contributed by atoms with Crippen molar-refractivity contribution in [3.8, 4) is 78.7 Å². The number of benzene rings is 8. The summed E-state index contributed by atoms with van der Waals surface area (Å²) in [6, 6.07) is 70.6. The van der Waals surface area contributed by atoms with E-state index in [0.717, 1.165) is 74.9 Å². The highest BCUT2D eigenvalue weighted by Crippen LogP contribution is 2.63. The molecule has 0 fully saturated rings. The average Bonchev–Trinajstić information content (AvgIpc) is 3.88. The third kappa shape index (κ3) is 6.60. The van der Waals surface area contributed by atoms with Gasteiger partial charge < -0.3 is 0 Å². The predicted molar refractivity (Wildman–Crippen MR) is 280 cm³/mol. The molecule has 1 unspecified atom stereocenters. The molecule has 322 valence electrons. The monoisotopic (exact) mass is 869 g/mol. The first-order valence-corrected chi connectivity index (χ1v) is 24.0. The second-order valence-corrected chi connectivity index (χ2v) is 18.7. The number of fused-ring (bicyclic) bond motifs is 9. The summed E-state index contributed by atoms with van der Waals surface area (Å²) < 4.78 is 0. The Kier molecular flexibility index (Phi) is 9.57. The predicted octanol–water partition coefficient (Wildman–Crippen LogP) is 16.3. The van der Waals surface area contributed by atoms with Gasteiger partial charge in [-0.3, -0.25) is 0 Å². The first kappa shape index (κ1) is 40.0. The molecule has 0 radical (unpaired) electrons. The molecule has 0 aliphatic heterocycles. The lowest BCUT2D eigenvalue weighted by Gasteiger charge is -2.33. The number of rotatable bonds is 7. The third-order valence-electron chi connectivity index (χ3n) is 14.5. The SMILES string of the molecule is CC1C=CC(c2cc(-c3ccccc3)cc(-c3nc(-c4cc(-c5ccccc5)cc(-c5ccccc5)c4)nc(-c4ccc5c(c4)C4(C6=C5C=CCC6)c5ccccc5-c5ccccc54)n3)c2)=CC1. The minimum atomic E-state index is -0.413. The topological polar surface area (TPSA) is 38.7 Å². The van der Waals surface area contributed by atoms with Gasteiger partial charge in [0, 0.05) is 16.7 Å². The van der Waals surface area contributed by atoms with Gasteiger partial charge in [-0.25, -0.2) is 15.0 Å². The molecule has 0 amide bonds. The Balaban J connectivity index is 1.06. The highest BCUT2D eigenvalue weighted by atomic mass is 15.0. The van der Waals surface area contributed by atoms with E-state index in [1.54, 1.807) is 0 Å². The van der Waals surface area contributed by atoms with Gasteiger partial charge in [0.1, 0.15) is 0 Å². The van der Waals surface area contributed by atoms with Gasteiger partial charge in [-0.1, -0.05) is 189 Å². The van der Waals surface area contributed by atoms with Crippen LogP contribution in [0.1, 0.15) is 54.0 Å². The van der Waals surface area contributed by atoms with Gasteiger partial charge in [-0.15, -0.1) is 0 Å². The van der Waals surface area contributed by atoms with Gasteiger partial charge in [-0.2, -0.15) is 0 Å². The molecule has 3 nitrogen and oxygen atoms in total. The molecule has 0 bridgehead atoms. The van der Waals surface area contributed by atoms with Gasteiger partial charge in [0.05, 0.1) is 5.41 Å². The zero-order valence-corrected chi connectivity index (χ0v) is 37.9. The molecule has 1 spiro atoms. The zero-order chi connectivity index (χ0) is 45.2. The number of aromatic nitrogens is 3. The summed E-state index contributed by atoms with van der Waals surface area (Å²) in [6.07, 6.45) is 14.7. The standard InChI is InChI=1S/C65H47N3/c1-42-29-31-46(32-30-42)51-36-50(45-21-9-4-10-22-45)39-53(40-51)64-67-62(66-63(68-64)52-37-48(43-17-5-2-6-18-43)35-49(38-52)44-19-7-3-8-20-44)47-33-34-57-56-25-13-16-28-60(56)65(61(57)41-47)58-26-14-11-23-54(58)55-24-12-15-27-59(55)65/h2-15,17-27,29,31-42H,16,28,30H2,1H3. The van der Waals surface area contributed by atoms with E-state index in [0.29, 0.717) is 23.4 Å². The molecule has 1 heterocycles. The summed E-state index contributed by atoms with van der Waals surface area (Å²) in [6.45, 7) is 2.27. The van der Waals surface area contributed by atoms with E-state index < -0.39 is 5.41 Å². The Morgan fingerprint density at radius 3 is 1.44 bits per heavy atom. The van der Waals surface area contributed by atoms with E-state index in [-0.39, 0.29) is 0 Å². The van der Waals surface area contributed by atoms with Gasteiger partial charge in [0.25, 0.3) is 0 Å². The highest BCUT2D eigenvalue weighted by Gasteiger charge is 2.52. The second kappa shape index (κ2) is 16.3. The fraction of sp³-hybridized carbons (Fsp3) is 0.0923. The van der Waals surface area contributed by atoms with Crippen LogP contribution in [0.4, 0.5) is 0 Å². The Morgan fingerprint density at radius 2 is 0.897 bits per heavy atom. The molecule has 9 aromatic rings. The van der Waals surface area contributed by atoms with Crippen molar-refractivity contribution in [3.63, 3.8) is 0 Å². The van der Waals surface area contributed by atoms with Crippen molar-refractivity contribution in [2.45, 2.75) is 31.6 Å². The normalized spacial score (nSPS) is 16.0. The maximum Gasteiger partial charge on any atom is 0.164 e. The van der Waals surface area contributed by atoms with Gasteiger partial charge in [0.2, 0.25) is 0 Å². The molecule has 0 saturated heterocycles. The fourth-order valence-corrected chi connectivity index (χ4v) is 11.3. The summed E-state index contributed by atoms with van der Waals surface area (Å²) >= 11 is 0. The lowest BCUT2D eigenvalue weighted by molar-refractivity contribution is 0.714. The quantitative estimate of drug-likeness (QED) is 0.160. The van der Waals surface area contributed by atoms with Crippen molar-refractivity contribution in [2.24, 2.45) is 5.92 Å². The Labute approximate surface area is 398 Å². The van der Waals surface area contributed by atoms with Crippen LogP contribution in [0.25, 0.3) is 89.8 Å². The molecule has 0 N–H and O–H groups in total. The van der Waals surface area contributed by atoms with Gasteiger partial charge in [0.15, 0.2) is 17.5 Å². The van der Waals surface area contributed by atoms with Crippen LogP contribution in [0.3, 0.4) is 0 Å². The molecule has 4 aliphatic rings. The Hall–Kier alpha value is -8.27. The fourth-order valence-electron chi connectivity index (χ4n) is 11.3. The van der Waals surface area contributed by atoms with Gasteiger partial charge in [-0.05, 0) is 157 Å². The van der Waals surface area contributed by atoms with Crippen molar-refractivity contribution in [3.05, 3.63) is 258 Å². The first-order valence-electron chi connectivity index (χ1n) is 24.0. The van der Waals surface area contributed by atoms with E-state index in [1.165, 1.54) is 50.1 Å². The van der Waals surface area contributed by atoms with Crippen LogP contribution >= 0.6 is 0 Å². The maximum atomic E-state index is 5.53. The molecule has 13 rings (SSSR count). The molecule has 3 heteroatoms. The van der Waals surface area contributed by atoms with Crippen molar-refractivity contribution in [1.29, 1.82) is 0 Å². The molecule has 1 aromatic heterocycles. The van der Waals surface area contributed by atoms with E-state index in [1.807, 2.05) is 0 Å². The van der Waals surface area contributed by atoms with Crippen LogP contribution in [-0.2, 0) is 5.41 Å². The summed E-state index contributed by atoms with van der Waals surface area (Å²) in [5, 5.41) is 0. The van der Waals surface area contributed by atoms with Crippen molar-refractivity contribution >= 4 is 11.1 Å². The summed E-state index contributed by atoms with van der Waals surface area (Å²) in [4.78, 5) is 16.5. The molecule has 8 aromatic carbocycles. The summed E-state index contributed by atoms with van der Waals surface area (Å²) in [5.41, 5.74) is 22.3. The van der Waals surface area contributed by atoms with Crippen LogP contribution in [0.15, 0.2) is 230 Å². The lowest BCUT2D eigenvalue weighted by Crippen LogP contribution is -2.27. The minimum Gasteiger partial charge on any atom is -0.208 e. The minimum absolute atomic E-state index is 0.413. The van der Waals surface area contributed by atoms with Crippen molar-refractivity contribution in [2.75, 3.05) is 0 Å². The van der Waals surface area contributed by atoms with Crippen molar-refractivity contribution in [1.82, 2.24) is 15.0 Å². The van der Waals surface area contributed by atoms with E-state index >= 15 is 0 Å². The first-order chi connectivity index (χ1) is 33.6. The Bertz CT molecular complexity index is 3490. The summed E-state index contributed by atoms with van der Waals surface area (Å²) in [5.74, 6) is 2.42. The zero-order valence-electron chi connectivity index (χ0n) is 37.9. The smallest absolute Gasteiger partial charge is 0.164 e. The average molecular weight is 870 g/mol. The van der Waals surface area contributed by atoms with E-state index in [2.05, 4.69) is 231 Å². The lowest BCUT2D eigenvalue weighted by atomic mass is 9.68. The molecular weight excluding hydrogens is 823 g/mol. The van der Waals surface area contributed by atoms with Crippen LogP contribution in [-0.4, -0.2) is 15.0 Å². The molecule has 4 aliphatic carbocycles. The second-order valence-electron chi connectivity index (χ2n) is 18.7. The number of hydrogen-bond donors (Lipinski definition) is 0. The molecule has 68 heavy (non-hydrogen) atoms. The number of hydrogen-bond acceptors (Lipinski definition) is 3. The molecule has 0 saturated carbocycles. The van der Waals surface area contributed by atoms with Crippen LogP contribution < -0.4 is 0 Å². The van der Waals surface area contributed by atoms with E-state index in [4.69, 9.17) is 15.0 Å². The van der Waals surface area contributed by atoms with Crippen LogP contribution in [0.2, 0.25) is 0 Å². The van der Waals surface area contributed by atoms with Crippen molar-refractivity contribution < 1.29 is 0 Å². The van der Waals surface area contributed by atoms with Crippen LogP contribution in [0.5, 0.6) is 0 Å². The maximum absolute atomic E-state index is 5.53. The van der Waals surface area contributed by atoms with E-state index in [9.17, 15) is 0 Å². The van der Waals surface area contributed by atoms with Crippen LogP contribution in [0, 0.1) is 5.92 Å². The number of allylic oxidation sites excluding steroid dienone is 8. The summed E-state index contributed by atoms with van der Waals surface area (Å²) in [7, 11) is 0. The molecular formula is C65H47N3. The highest BCUT2D eigenvalue weighted by molar-refractivity contribution is 5.98. The molecule has 1 atom stereocenters.